The molecule has 0 aliphatic heterocycles. The van der Waals surface area contributed by atoms with Gasteiger partial charge in [-0.3, -0.25) is 4.79 Å². The molecule has 3 nitrogen and oxygen atoms in total. The molecule has 0 heterocycles. The molecule has 0 aliphatic rings. The van der Waals surface area contributed by atoms with Crippen LogP contribution in [0.25, 0.3) is 0 Å². The number of hydrogen-bond donors (Lipinski definition) is 1. The summed E-state index contributed by atoms with van der Waals surface area (Å²) in [5.74, 6) is -0.0107. The number of unbranched alkanes of at least 4 members (excludes halogenated alkanes) is 1. The Labute approximate surface area is 114 Å². The Balaban J connectivity index is 2.54. The summed E-state index contributed by atoms with van der Waals surface area (Å²) in [6.07, 6.45) is 2.78. The minimum absolute atomic E-state index is 0.0107. The van der Waals surface area contributed by atoms with Crippen LogP contribution in [0.4, 0.5) is 0 Å². The van der Waals surface area contributed by atoms with Gasteiger partial charge in [0.05, 0.1) is 6.04 Å². The van der Waals surface area contributed by atoms with E-state index in [0.717, 1.165) is 24.8 Å². The lowest BCUT2D eigenvalue weighted by atomic mass is 10.1. The van der Waals surface area contributed by atoms with Crippen LogP contribution in [0.5, 0.6) is 0 Å². The molecule has 1 aromatic carbocycles. The van der Waals surface area contributed by atoms with Gasteiger partial charge in [-0.1, -0.05) is 43.5 Å². The van der Waals surface area contributed by atoms with E-state index in [9.17, 15) is 4.79 Å². The van der Waals surface area contributed by atoms with Crippen molar-refractivity contribution >= 4 is 17.5 Å². The zero-order valence-corrected chi connectivity index (χ0v) is 11.8. The SMILES string of the molecule is CCCC[C@H](N)C(=O)N(C)Cc1cccc(Cl)c1. The zero-order chi connectivity index (χ0) is 13.5. The third-order valence-electron chi connectivity index (χ3n) is 2.87. The van der Waals surface area contributed by atoms with Crippen molar-refractivity contribution in [3.05, 3.63) is 34.9 Å². The van der Waals surface area contributed by atoms with Crippen LogP contribution in [-0.2, 0) is 11.3 Å². The maximum atomic E-state index is 12.0. The summed E-state index contributed by atoms with van der Waals surface area (Å²) in [7, 11) is 1.77. The van der Waals surface area contributed by atoms with E-state index in [4.69, 9.17) is 17.3 Å². The van der Waals surface area contributed by atoms with Crippen molar-refractivity contribution in [2.75, 3.05) is 7.05 Å². The Hall–Kier alpha value is -1.06. The molecule has 0 aromatic heterocycles. The highest BCUT2D eigenvalue weighted by Crippen LogP contribution is 2.13. The van der Waals surface area contributed by atoms with Crippen LogP contribution in [0, 0.1) is 0 Å². The van der Waals surface area contributed by atoms with E-state index in [2.05, 4.69) is 6.92 Å². The number of amides is 1. The van der Waals surface area contributed by atoms with Crippen LogP contribution < -0.4 is 5.73 Å². The van der Waals surface area contributed by atoms with Gasteiger partial charge in [-0.2, -0.15) is 0 Å². The molecular formula is C14H21ClN2O. The minimum Gasteiger partial charge on any atom is -0.340 e. The molecular weight excluding hydrogens is 248 g/mol. The molecule has 0 saturated carbocycles. The van der Waals surface area contributed by atoms with Crippen LogP contribution in [0.15, 0.2) is 24.3 Å². The Kier molecular flexibility index (Phi) is 6.16. The van der Waals surface area contributed by atoms with Crippen LogP contribution in [0.1, 0.15) is 31.7 Å². The van der Waals surface area contributed by atoms with Crippen LogP contribution in [0.2, 0.25) is 5.02 Å². The van der Waals surface area contributed by atoms with Crippen molar-refractivity contribution in [1.82, 2.24) is 4.90 Å². The summed E-state index contributed by atoms with van der Waals surface area (Å²) in [6.45, 7) is 2.63. The number of carbonyl (C=O) groups excluding carboxylic acids is 1. The predicted molar refractivity (Wildman–Crippen MR) is 75.4 cm³/mol. The molecule has 1 rings (SSSR count). The highest BCUT2D eigenvalue weighted by atomic mass is 35.5. The number of halogens is 1. The van der Waals surface area contributed by atoms with Crippen molar-refractivity contribution in [2.24, 2.45) is 5.73 Å². The Morgan fingerprint density at radius 1 is 1.50 bits per heavy atom. The Morgan fingerprint density at radius 2 is 2.22 bits per heavy atom. The number of nitrogens with two attached hydrogens (primary N) is 1. The Morgan fingerprint density at radius 3 is 2.83 bits per heavy atom. The van der Waals surface area contributed by atoms with Crippen molar-refractivity contribution in [1.29, 1.82) is 0 Å². The van der Waals surface area contributed by atoms with Crippen molar-refractivity contribution in [3.63, 3.8) is 0 Å². The second-order valence-electron chi connectivity index (χ2n) is 4.57. The molecule has 2 N–H and O–H groups in total. The summed E-state index contributed by atoms with van der Waals surface area (Å²) >= 11 is 5.91. The summed E-state index contributed by atoms with van der Waals surface area (Å²) in [6, 6.07) is 7.12. The number of rotatable bonds is 6. The number of carbonyl (C=O) groups is 1. The lowest BCUT2D eigenvalue weighted by molar-refractivity contribution is -0.132. The quantitative estimate of drug-likeness (QED) is 0.862. The van der Waals surface area contributed by atoms with Crippen LogP contribution in [0.3, 0.4) is 0 Å². The number of likely N-dealkylation sites (N-methyl/N-ethyl adjacent to an activating group) is 1. The third-order valence-corrected chi connectivity index (χ3v) is 3.11. The fourth-order valence-corrected chi connectivity index (χ4v) is 2.03. The van der Waals surface area contributed by atoms with E-state index < -0.39 is 6.04 Å². The molecule has 100 valence electrons. The summed E-state index contributed by atoms with van der Waals surface area (Å²) < 4.78 is 0. The summed E-state index contributed by atoms with van der Waals surface area (Å²) in [5, 5.41) is 0.684. The van der Waals surface area contributed by atoms with Crippen molar-refractivity contribution in [3.8, 4) is 0 Å². The topological polar surface area (TPSA) is 46.3 Å². The highest BCUT2D eigenvalue weighted by Gasteiger charge is 2.17. The van der Waals surface area contributed by atoms with Gasteiger partial charge in [-0.15, -0.1) is 0 Å². The smallest absolute Gasteiger partial charge is 0.239 e. The average molecular weight is 269 g/mol. The van der Waals surface area contributed by atoms with Gasteiger partial charge < -0.3 is 10.6 Å². The van der Waals surface area contributed by atoms with Gasteiger partial charge in [0, 0.05) is 18.6 Å². The summed E-state index contributed by atoms with van der Waals surface area (Å²) in [5.41, 5.74) is 6.89. The van der Waals surface area contributed by atoms with E-state index >= 15 is 0 Å². The fraction of sp³-hybridized carbons (Fsp3) is 0.500. The Bertz CT molecular complexity index is 395. The van der Waals surface area contributed by atoms with E-state index in [1.54, 1.807) is 11.9 Å². The van der Waals surface area contributed by atoms with Gasteiger partial charge in [-0.05, 0) is 24.1 Å². The fourth-order valence-electron chi connectivity index (χ4n) is 1.82. The molecule has 0 bridgehead atoms. The van der Waals surface area contributed by atoms with E-state index in [0.29, 0.717) is 11.6 Å². The molecule has 1 aromatic rings. The molecule has 1 atom stereocenters. The molecule has 0 aliphatic carbocycles. The van der Waals surface area contributed by atoms with Gasteiger partial charge >= 0.3 is 0 Å². The second kappa shape index (κ2) is 7.39. The molecule has 0 radical (unpaired) electrons. The molecule has 0 fully saturated rings. The number of hydrogen-bond acceptors (Lipinski definition) is 2. The minimum atomic E-state index is -0.394. The maximum absolute atomic E-state index is 12.0. The number of benzene rings is 1. The zero-order valence-electron chi connectivity index (χ0n) is 11.0. The molecule has 1 amide bonds. The van der Waals surface area contributed by atoms with Crippen molar-refractivity contribution < 1.29 is 4.79 Å². The first-order valence-corrected chi connectivity index (χ1v) is 6.67. The lowest BCUT2D eigenvalue weighted by Crippen LogP contribution is -2.41. The van der Waals surface area contributed by atoms with Gasteiger partial charge in [-0.25, -0.2) is 0 Å². The molecule has 18 heavy (non-hydrogen) atoms. The predicted octanol–water partition coefficient (Wildman–Crippen LogP) is 2.82. The van der Waals surface area contributed by atoms with Crippen molar-refractivity contribution in [2.45, 2.75) is 38.8 Å². The van der Waals surface area contributed by atoms with Gasteiger partial charge in [0.2, 0.25) is 5.91 Å². The number of nitrogens with zero attached hydrogens (tertiary/aromatic N) is 1. The molecule has 0 saturated heterocycles. The average Bonchev–Trinajstić information content (AvgIpc) is 2.35. The van der Waals surface area contributed by atoms with E-state index in [1.807, 2.05) is 24.3 Å². The first-order valence-electron chi connectivity index (χ1n) is 6.29. The van der Waals surface area contributed by atoms with Gasteiger partial charge in [0.1, 0.15) is 0 Å². The van der Waals surface area contributed by atoms with Gasteiger partial charge in [0.15, 0.2) is 0 Å². The second-order valence-corrected chi connectivity index (χ2v) is 5.01. The lowest BCUT2D eigenvalue weighted by Gasteiger charge is -2.21. The van der Waals surface area contributed by atoms with Gasteiger partial charge in [0.25, 0.3) is 0 Å². The first kappa shape index (κ1) is 15.0. The maximum Gasteiger partial charge on any atom is 0.239 e. The highest BCUT2D eigenvalue weighted by molar-refractivity contribution is 6.30. The molecule has 0 unspecified atom stereocenters. The summed E-state index contributed by atoms with van der Waals surface area (Å²) in [4.78, 5) is 13.7. The van der Waals surface area contributed by atoms with Crippen LogP contribution >= 0.6 is 11.6 Å². The third kappa shape index (κ3) is 4.67. The first-order chi connectivity index (χ1) is 8.54. The normalized spacial score (nSPS) is 12.2. The standard InChI is InChI=1S/C14H21ClN2O/c1-3-4-8-13(16)14(18)17(2)10-11-6-5-7-12(15)9-11/h5-7,9,13H,3-4,8,10,16H2,1-2H3/t13-/m0/s1. The molecule has 0 spiro atoms. The largest absolute Gasteiger partial charge is 0.340 e. The monoisotopic (exact) mass is 268 g/mol. The van der Waals surface area contributed by atoms with E-state index in [-0.39, 0.29) is 5.91 Å². The molecule has 4 heteroatoms. The van der Waals surface area contributed by atoms with E-state index in [1.165, 1.54) is 0 Å². The van der Waals surface area contributed by atoms with Crippen LogP contribution in [-0.4, -0.2) is 23.9 Å².